The van der Waals surface area contributed by atoms with Crippen molar-refractivity contribution in [2.75, 3.05) is 0 Å². The molecule has 10 nitrogen and oxygen atoms in total. The monoisotopic (exact) mass is 525 g/mol. The van der Waals surface area contributed by atoms with Crippen molar-refractivity contribution in [2.24, 2.45) is 4.99 Å². The highest BCUT2D eigenvalue weighted by atomic mass is 79.9. The van der Waals surface area contributed by atoms with Gasteiger partial charge in [-0.05, 0) is 27.9 Å². The number of aliphatic hydroxyl groups excluding tert-OH is 1. The number of aromatic nitrogens is 6. The van der Waals surface area contributed by atoms with Crippen LogP contribution in [0.5, 0.6) is 0 Å². The molecule has 1 unspecified atom stereocenters. The Morgan fingerprint density at radius 1 is 1.18 bits per heavy atom. The molecule has 0 saturated heterocycles. The summed E-state index contributed by atoms with van der Waals surface area (Å²) in [6, 6.07) is 9.15. The summed E-state index contributed by atoms with van der Waals surface area (Å²) in [6.07, 6.45) is 3.37. The predicted molar refractivity (Wildman–Crippen MR) is 129 cm³/mol. The summed E-state index contributed by atoms with van der Waals surface area (Å²) >= 11 is 3.45. The molecule has 176 valence electrons. The summed E-state index contributed by atoms with van der Waals surface area (Å²) in [7, 11) is 0. The number of aliphatic hydroxyl groups is 1. The first-order valence-corrected chi connectivity index (χ1v) is 12.1. The van der Waals surface area contributed by atoms with Crippen molar-refractivity contribution >= 4 is 32.1 Å². The highest BCUT2D eigenvalue weighted by Crippen LogP contribution is 2.28. The Balaban J connectivity index is 1.41. The molecule has 0 amide bonds. The second kappa shape index (κ2) is 9.59. The van der Waals surface area contributed by atoms with Crippen LogP contribution in [0.3, 0.4) is 0 Å². The molecule has 4 aromatic rings. The standard InChI is InChI=1S/C23H24BrN7O3/c1-2-3-7-12-30-21-15(13-16(24)25-21)22(33)31-17(27-28-23(30)31)10-11-18-26-20(29-34-18)19(32)14-8-5-4-6-9-14/h4-6,8-9,19,32H,2-3,7,10-13H2,1H3. The van der Waals surface area contributed by atoms with Crippen molar-refractivity contribution in [3.8, 4) is 0 Å². The SMILES string of the molecule is CCCCCn1c2c(c(=O)n3c(CCc4nc(C(O)c5ccccc5)no4)nnc13)CC(Br)=N2. The molecule has 0 spiro atoms. The maximum absolute atomic E-state index is 13.3. The van der Waals surface area contributed by atoms with Gasteiger partial charge in [-0.1, -0.05) is 55.3 Å². The number of fused-ring (bicyclic) bond motifs is 2. The van der Waals surface area contributed by atoms with Crippen molar-refractivity contribution in [3.63, 3.8) is 0 Å². The molecule has 34 heavy (non-hydrogen) atoms. The summed E-state index contributed by atoms with van der Waals surface area (Å²) in [5, 5.41) is 23.0. The molecule has 4 heterocycles. The van der Waals surface area contributed by atoms with Crippen molar-refractivity contribution < 1.29 is 9.63 Å². The molecular weight excluding hydrogens is 502 g/mol. The zero-order valence-electron chi connectivity index (χ0n) is 18.7. The van der Waals surface area contributed by atoms with Gasteiger partial charge in [0, 0.05) is 25.8 Å². The second-order valence-corrected chi connectivity index (χ2v) is 9.16. The number of hydrogen-bond donors (Lipinski definition) is 1. The first-order valence-electron chi connectivity index (χ1n) is 11.3. The van der Waals surface area contributed by atoms with E-state index in [4.69, 9.17) is 4.52 Å². The van der Waals surface area contributed by atoms with Crippen LogP contribution in [0.25, 0.3) is 5.78 Å². The summed E-state index contributed by atoms with van der Waals surface area (Å²) < 4.78 is 9.63. The van der Waals surface area contributed by atoms with Gasteiger partial charge in [-0.3, -0.25) is 9.36 Å². The van der Waals surface area contributed by atoms with Crippen LogP contribution >= 0.6 is 15.9 Å². The number of aryl methyl sites for hydroxylation is 3. The zero-order chi connectivity index (χ0) is 23.7. The lowest BCUT2D eigenvalue weighted by Gasteiger charge is -2.12. The van der Waals surface area contributed by atoms with E-state index in [2.05, 4.69) is 48.2 Å². The van der Waals surface area contributed by atoms with Crippen molar-refractivity contribution in [1.29, 1.82) is 0 Å². The number of hydrogen-bond acceptors (Lipinski definition) is 8. The van der Waals surface area contributed by atoms with Gasteiger partial charge in [-0.2, -0.15) is 4.98 Å². The molecule has 0 radical (unpaired) electrons. The van der Waals surface area contributed by atoms with E-state index in [9.17, 15) is 9.90 Å². The highest BCUT2D eigenvalue weighted by molar-refractivity contribution is 9.18. The quantitative estimate of drug-likeness (QED) is 0.332. The van der Waals surface area contributed by atoms with Crippen LogP contribution in [0, 0.1) is 0 Å². The Kier molecular flexibility index (Phi) is 6.38. The van der Waals surface area contributed by atoms with Gasteiger partial charge < -0.3 is 9.63 Å². The molecule has 5 rings (SSSR count). The van der Waals surface area contributed by atoms with Gasteiger partial charge in [0.25, 0.3) is 5.56 Å². The summed E-state index contributed by atoms with van der Waals surface area (Å²) in [6.45, 7) is 2.86. The molecule has 1 aliphatic rings. The predicted octanol–water partition coefficient (Wildman–Crippen LogP) is 3.31. The number of unbranched alkanes of at least 4 members (excludes halogenated alkanes) is 2. The molecule has 3 aromatic heterocycles. The van der Waals surface area contributed by atoms with E-state index in [0.29, 0.717) is 60.2 Å². The first-order chi connectivity index (χ1) is 16.6. The molecule has 1 N–H and O–H groups in total. The number of aliphatic imine (C=N–C) groups is 1. The third kappa shape index (κ3) is 4.21. The van der Waals surface area contributed by atoms with Gasteiger partial charge >= 0.3 is 0 Å². The van der Waals surface area contributed by atoms with E-state index < -0.39 is 6.10 Å². The fourth-order valence-corrected chi connectivity index (χ4v) is 4.58. The third-order valence-electron chi connectivity index (χ3n) is 5.88. The minimum absolute atomic E-state index is 0.152. The lowest BCUT2D eigenvalue weighted by atomic mass is 10.1. The molecule has 1 aromatic carbocycles. The summed E-state index contributed by atoms with van der Waals surface area (Å²) in [5.74, 6) is 2.24. The molecule has 1 aliphatic heterocycles. The van der Waals surface area contributed by atoms with Crippen LogP contribution in [0.1, 0.15) is 61.0 Å². The van der Waals surface area contributed by atoms with Gasteiger partial charge in [0.15, 0.2) is 0 Å². The van der Waals surface area contributed by atoms with E-state index >= 15 is 0 Å². The van der Waals surface area contributed by atoms with Crippen LogP contribution in [0.2, 0.25) is 0 Å². The highest BCUT2D eigenvalue weighted by Gasteiger charge is 2.26. The van der Waals surface area contributed by atoms with Crippen LogP contribution in [-0.4, -0.2) is 39.0 Å². The lowest BCUT2D eigenvalue weighted by molar-refractivity contribution is 0.204. The Morgan fingerprint density at radius 3 is 2.79 bits per heavy atom. The van der Waals surface area contributed by atoms with Crippen LogP contribution in [0.4, 0.5) is 5.82 Å². The number of benzene rings is 1. The Labute approximate surface area is 203 Å². The van der Waals surface area contributed by atoms with Crippen LogP contribution in [0.15, 0.2) is 44.6 Å². The Bertz CT molecular complexity index is 1410. The van der Waals surface area contributed by atoms with Crippen molar-refractivity contribution in [3.05, 3.63) is 69.4 Å². The Hall–Kier alpha value is -3.18. The smallest absolute Gasteiger partial charge is 0.266 e. The topological polar surface area (TPSA) is 124 Å². The van der Waals surface area contributed by atoms with E-state index in [1.54, 1.807) is 16.5 Å². The van der Waals surface area contributed by atoms with E-state index in [-0.39, 0.29) is 11.4 Å². The van der Waals surface area contributed by atoms with Crippen molar-refractivity contribution in [2.45, 2.75) is 58.1 Å². The zero-order valence-corrected chi connectivity index (χ0v) is 20.3. The molecule has 11 heteroatoms. The summed E-state index contributed by atoms with van der Waals surface area (Å²) in [4.78, 5) is 22.2. The maximum Gasteiger partial charge on any atom is 0.266 e. The molecule has 0 bridgehead atoms. The molecule has 1 atom stereocenters. The number of nitrogens with zero attached hydrogens (tertiary/aromatic N) is 7. The fraction of sp³-hybridized carbons (Fsp3) is 0.391. The average Bonchev–Trinajstić information content (AvgIpc) is 3.58. The fourth-order valence-electron chi connectivity index (χ4n) is 4.13. The van der Waals surface area contributed by atoms with E-state index in [0.717, 1.165) is 23.9 Å². The number of rotatable bonds is 9. The normalized spacial score (nSPS) is 13.9. The van der Waals surface area contributed by atoms with Gasteiger partial charge in [0.1, 0.15) is 17.7 Å². The van der Waals surface area contributed by atoms with Crippen LogP contribution in [-0.2, 0) is 25.8 Å². The molecular formula is C23H24BrN7O3. The molecule has 0 fully saturated rings. The van der Waals surface area contributed by atoms with Gasteiger partial charge in [-0.15, -0.1) is 10.2 Å². The van der Waals surface area contributed by atoms with Crippen molar-refractivity contribution in [1.82, 2.24) is 29.3 Å². The largest absolute Gasteiger partial charge is 0.380 e. The van der Waals surface area contributed by atoms with Gasteiger partial charge in [0.05, 0.1) is 10.2 Å². The Morgan fingerprint density at radius 2 is 2.00 bits per heavy atom. The minimum Gasteiger partial charge on any atom is -0.380 e. The molecule has 0 saturated carbocycles. The lowest BCUT2D eigenvalue weighted by Crippen LogP contribution is -2.24. The molecule has 0 aliphatic carbocycles. The van der Waals surface area contributed by atoms with Gasteiger partial charge in [0.2, 0.25) is 17.5 Å². The maximum atomic E-state index is 13.3. The summed E-state index contributed by atoms with van der Waals surface area (Å²) in [5.41, 5.74) is 1.17. The average molecular weight is 526 g/mol. The van der Waals surface area contributed by atoms with E-state index in [1.807, 2.05) is 22.8 Å². The van der Waals surface area contributed by atoms with E-state index in [1.165, 1.54) is 0 Å². The second-order valence-electron chi connectivity index (χ2n) is 8.24. The first kappa shape index (κ1) is 22.6. The minimum atomic E-state index is -0.969. The van der Waals surface area contributed by atoms with Crippen LogP contribution < -0.4 is 5.56 Å². The van der Waals surface area contributed by atoms with Gasteiger partial charge in [-0.25, -0.2) is 9.39 Å². The third-order valence-corrected chi connectivity index (χ3v) is 6.34. The number of halogens is 1.